The third kappa shape index (κ3) is 7.27. The molecule has 0 saturated heterocycles. The van der Waals surface area contributed by atoms with E-state index in [0.29, 0.717) is 0 Å². The number of ether oxygens (including phenoxy) is 1. The van der Waals surface area contributed by atoms with Gasteiger partial charge in [0.25, 0.3) is 24.2 Å². The van der Waals surface area contributed by atoms with Gasteiger partial charge in [-0.3, -0.25) is 0 Å². The number of hydrogen-bond donors (Lipinski definition) is 0. The molecule has 0 rings (SSSR count). The lowest BCUT2D eigenvalue weighted by atomic mass is 10.0. The summed E-state index contributed by atoms with van der Waals surface area (Å²) in [7, 11) is 0. The van der Waals surface area contributed by atoms with E-state index in [1.807, 2.05) is 0 Å². The molecule has 0 aromatic rings. The van der Waals surface area contributed by atoms with Gasteiger partial charge < -0.3 is 0 Å². The molecule has 0 bridgehead atoms. The van der Waals surface area contributed by atoms with Gasteiger partial charge in [0.1, 0.15) is 0 Å². The lowest BCUT2D eigenvalue weighted by Gasteiger charge is -2.35. The molecule has 0 radical (unpaired) electrons. The highest BCUT2D eigenvalue weighted by Gasteiger charge is 2.74. The number of hydrogen-bond acceptors (Lipinski definition) is 1. The first-order chi connectivity index (χ1) is 13.9. The second-order valence-corrected chi connectivity index (χ2v) is 6.23. The molecule has 0 amide bonds. The minimum Gasteiger partial charge on any atom is -0.246 e. The Kier molecular flexibility index (Phi) is 8.27. The molecule has 21 heteroatoms. The van der Waals surface area contributed by atoms with Crippen molar-refractivity contribution in [2.24, 2.45) is 0 Å². The van der Waals surface area contributed by atoms with Crippen LogP contribution >= 0.6 is 0 Å². The molecule has 33 heavy (non-hydrogen) atoms. The van der Waals surface area contributed by atoms with Crippen LogP contribution in [0, 0.1) is 0 Å². The summed E-state index contributed by atoms with van der Waals surface area (Å²) in [4.78, 5) is 0. The molecular formula is C12H6F20O. The smallest absolute Gasteiger partial charge is 0.246 e. The van der Waals surface area contributed by atoms with Crippen molar-refractivity contribution in [1.29, 1.82) is 0 Å². The van der Waals surface area contributed by atoms with Crippen molar-refractivity contribution in [3.63, 3.8) is 0 Å². The van der Waals surface area contributed by atoms with Crippen molar-refractivity contribution in [3.8, 4) is 0 Å². The van der Waals surface area contributed by atoms with Gasteiger partial charge in [0, 0.05) is 0 Å². The molecule has 0 aliphatic heterocycles. The van der Waals surface area contributed by atoms with Crippen molar-refractivity contribution in [3.05, 3.63) is 0 Å². The van der Waals surface area contributed by atoms with Crippen LogP contribution in [0.15, 0.2) is 0 Å². The van der Waals surface area contributed by atoms with E-state index in [1.165, 1.54) is 4.74 Å². The molecule has 0 aliphatic carbocycles. The van der Waals surface area contributed by atoms with E-state index in [4.69, 9.17) is 0 Å². The normalized spacial score (nSPS) is 17.8. The largest absolute Gasteiger partial charge is 0.425 e. The second-order valence-electron chi connectivity index (χ2n) is 6.23. The minimum absolute atomic E-state index is 1.54. The molecule has 0 heterocycles. The lowest BCUT2D eigenvalue weighted by Crippen LogP contribution is -2.58. The minimum atomic E-state index is -7.39. The average molecular weight is 546 g/mol. The maximum Gasteiger partial charge on any atom is 0.425 e. The van der Waals surface area contributed by atoms with E-state index < -0.39 is 73.4 Å². The molecule has 200 valence electrons. The Balaban J connectivity index is 5.87. The van der Waals surface area contributed by atoms with E-state index in [1.54, 1.807) is 0 Å². The van der Waals surface area contributed by atoms with Crippen LogP contribution in [0.4, 0.5) is 87.8 Å². The van der Waals surface area contributed by atoms with Crippen LogP contribution in [0.25, 0.3) is 0 Å². The molecule has 2 atom stereocenters. The van der Waals surface area contributed by atoms with Crippen LogP contribution in [-0.2, 0) is 4.74 Å². The summed E-state index contributed by atoms with van der Waals surface area (Å²) in [6.45, 7) is 0. The van der Waals surface area contributed by atoms with Crippen LogP contribution in [0.2, 0.25) is 0 Å². The maximum atomic E-state index is 13.2. The van der Waals surface area contributed by atoms with E-state index >= 15 is 0 Å². The molecule has 0 N–H and O–H groups in total. The van der Waals surface area contributed by atoms with Gasteiger partial charge in [-0.1, -0.05) is 0 Å². The Hall–Kier alpha value is -1.44. The maximum absolute atomic E-state index is 13.2. The molecule has 0 fully saturated rings. The Bertz CT molecular complexity index is 603. The van der Waals surface area contributed by atoms with Gasteiger partial charge >= 0.3 is 36.4 Å². The van der Waals surface area contributed by atoms with Crippen LogP contribution in [-0.4, -0.2) is 60.6 Å². The third-order valence-electron chi connectivity index (χ3n) is 3.34. The molecular weight excluding hydrogens is 540 g/mol. The van der Waals surface area contributed by atoms with E-state index in [-0.39, 0.29) is 0 Å². The van der Waals surface area contributed by atoms with E-state index in [2.05, 4.69) is 0 Å². The molecule has 1 nitrogen and oxygen atoms in total. The SMILES string of the molecule is FC(C(F)(F)F)C(F)(F)CC(F)(F)C(F)(F)OC(F)(F)C(F)(F)CC(F)(F)C(F)C(F)(F)F. The summed E-state index contributed by atoms with van der Waals surface area (Å²) in [5, 5.41) is 0. The summed E-state index contributed by atoms with van der Waals surface area (Å²) >= 11 is 0. The number of rotatable bonds is 10. The van der Waals surface area contributed by atoms with Crippen molar-refractivity contribution in [1.82, 2.24) is 0 Å². The predicted octanol–water partition coefficient (Wildman–Crippen LogP) is 7.31. The van der Waals surface area contributed by atoms with Crippen LogP contribution in [0.1, 0.15) is 12.8 Å². The van der Waals surface area contributed by atoms with Gasteiger partial charge in [0.2, 0.25) is 0 Å². The van der Waals surface area contributed by atoms with Crippen LogP contribution < -0.4 is 0 Å². The Morgan fingerprint density at radius 3 is 0.818 bits per heavy atom. The Labute approximate surface area is 167 Å². The lowest BCUT2D eigenvalue weighted by molar-refractivity contribution is -0.475. The fourth-order valence-electron chi connectivity index (χ4n) is 1.77. The molecule has 0 aliphatic rings. The van der Waals surface area contributed by atoms with Gasteiger partial charge in [0.05, 0.1) is 12.8 Å². The summed E-state index contributed by atoms with van der Waals surface area (Å²) in [6.07, 6.45) is -48.0. The molecule has 0 aromatic carbocycles. The monoisotopic (exact) mass is 546 g/mol. The molecule has 0 aromatic heterocycles. The zero-order valence-corrected chi connectivity index (χ0v) is 14.5. The van der Waals surface area contributed by atoms with Gasteiger partial charge in [-0.05, 0) is 0 Å². The van der Waals surface area contributed by atoms with Crippen molar-refractivity contribution in [2.45, 2.75) is 73.4 Å². The zero-order chi connectivity index (χ0) is 27.3. The highest BCUT2D eigenvalue weighted by molar-refractivity contribution is 4.94. The average Bonchev–Trinajstić information content (AvgIpc) is 2.48. The van der Waals surface area contributed by atoms with Crippen molar-refractivity contribution < 1.29 is 92.5 Å². The van der Waals surface area contributed by atoms with Crippen molar-refractivity contribution in [2.75, 3.05) is 0 Å². The molecule has 0 spiro atoms. The molecule has 2 unspecified atom stereocenters. The Morgan fingerprint density at radius 1 is 0.424 bits per heavy atom. The van der Waals surface area contributed by atoms with Crippen LogP contribution in [0.3, 0.4) is 0 Å². The van der Waals surface area contributed by atoms with Gasteiger partial charge in [0.15, 0.2) is 0 Å². The molecule has 0 saturated carbocycles. The summed E-state index contributed by atoms with van der Waals surface area (Å²) in [5.41, 5.74) is 0. The quantitative estimate of drug-likeness (QED) is 0.261. The second kappa shape index (κ2) is 8.65. The number of halogens is 20. The highest BCUT2D eigenvalue weighted by atomic mass is 19.4. The third-order valence-corrected chi connectivity index (χ3v) is 3.34. The first-order valence-corrected chi connectivity index (χ1v) is 7.32. The fourth-order valence-corrected chi connectivity index (χ4v) is 1.77. The fraction of sp³-hybridized carbons (Fsp3) is 1.00. The summed E-state index contributed by atoms with van der Waals surface area (Å²) in [5.74, 6) is -27.1. The summed E-state index contributed by atoms with van der Waals surface area (Å²) < 4.78 is 254. The van der Waals surface area contributed by atoms with Gasteiger partial charge in [-0.2, -0.15) is 61.5 Å². The van der Waals surface area contributed by atoms with E-state index in [0.717, 1.165) is 0 Å². The van der Waals surface area contributed by atoms with Gasteiger partial charge in [-0.25, -0.2) is 31.1 Å². The van der Waals surface area contributed by atoms with E-state index in [9.17, 15) is 87.8 Å². The number of alkyl halides is 20. The topological polar surface area (TPSA) is 9.23 Å². The first kappa shape index (κ1) is 31.6. The summed E-state index contributed by atoms with van der Waals surface area (Å²) in [6, 6.07) is 0. The van der Waals surface area contributed by atoms with Crippen LogP contribution in [0.5, 0.6) is 0 Å². The van der Waals surface area contributed by atoms with Gasteiger partial charge in [-0.15, -0.1) is 0 Å². The standard InChI is InChI=1S/C12H6F20O/c13-3(9(23,24)25)5(15,16)1-7(19,20)11(29,30)33-12(31,32)8(21,22)2-6(17,18)4(14)10(26,27)28/h3-4H,1-2H2. The predicted molar refractivity (Wildman–Crippen MR) is 61.9 cm³/mol. The van der Waals surface area contributed by atoms with Crippen molar-refractivity contribution >= 4 is 0 Å². The highest BCUT2D eigenvalue weighted by Crippen LogP contribution is 2.52. The zero-order valence-electron chi connectivity index (χ0n) is 14.5. The first-order valence-electron chi connectivity index (χ1n) is 7.32. The Morgan fingerprint density at radius 2 is 0.636 bits per heavy atom.